The van der Waals surface area contributed by atoms with E-state index in [9.17, 15) is 0 Å². The fourth-order valence-corrected chi connectivity index (χ4v) is 2.47. The van der Waals surface area contributed by atoms with Crippen LogP contribution in [0.3, 0.4) is 0 Å². The summed E-state index contributed by atoms with van der Waals surface area (Å²) < 4.78 is 5.29. The second-order valence-electron chi connectivity index (χ2n) is 3.64. The molecule has 0 spiro atoms. The zero-order valence-corrected chi connectivity index (χ0v) is 10.7. The highest BCUT2D eigenvalue weighted by molar-refractivity contribution is 7.10. The largest absolute Gasteiger partial charge is 0.496 e. The second kappa shape index (κ2) is 5.70. The molecule has 0 aromatic carbocycles. The lowest BCUT2D eigenvalue weighted by Crippen LogP contribution is -2.55. The van der Waals surface area contributed by atoms with Crippen molar-refractivity contribution in [2.75, 3.05) is 27.2 Å². The molecule has 3 nitrogen and oxygen atoms in total. The summed E-state index contributed by atoms with van der Waals surface area (Å²) in [6.07, 6.45) is 0. The molecule has 1 aliphatic heterocycles. The zero-order valence-electron chi connectivity index (χ0n) is 9.03. The maximum atomic E-state index is 5.29. The van der Waals surface area contributed by atoms with Crippen LogP contribution < -0.4 is 10.1 Å². The molecule has 5 heteroatoms. The Labute approximate surface area is 101 Å². The quantitative estimate of drug-likeness (QED) is 0.876. The fourth-order valence-electron chi connectivity index (χ4n) is 1.57. The van der Waals surface area contributed by atoms with E-state index in [4.69, 9.17) is 4.74 Å². The van der Waals surface area contributed by atoms with Crippen LogP contribution in [0.4, 0.5) is 0 Å². The number of ether oxygens (including phenoxy) is 1. The molecule has 0 bridgehead atoms. The monoisotopic (exact) mass is 248 g/mol. The highest BCUT2D eigenvalue weighted by atomic mass is 35.5. The number of rotatable bonds is 4. The molecule has 0 atom stereocenters. The average molecular weight is 249 g/mol. The minimum absolute atomic E-state index is 0. The minimum atomic E-state index is 0. The summed E-state index contributed by atoms with van der Waals surface area (Å²) in [6, 6.07) is 2.73. The van der Waals surface area contributed by atoms with Gasteiger partial charge in [-0.1, -0.05) is 0 Å². The Morgan fingerprint density at radius 1 is 1.60 bits per heavy atom. The first-order chi connectivity index (χ1) is 6.81. The molecular formula is C10H17ClN2OS. The molecule has 0 saturated carbocycles. The molecule has 1 aromatic rings. The van der Waals surface area contributed by atoms with Gasteiger partial charge in [-0.05, 0) is 18.5 Å². The van der Waals surface area contributed by atoms with E-state index in [0.717, 1.165) is 25.4 Å². The van der Waals surface area contributed by atoms with Crippen LogP contribution in [0.2, 0.25) is 0 Å². The van der Waals surface area contributed by atoms with Crippen LogP contribution in [-0.4, -0.2) is 38.2 Å². The van der Waals surface area contributed by atoms with Gasteiger partial charge in [-0.15, -0.1) is 23.7 Å². The molecule has 1 aromatic heterocycles. The smallest absolute Gasteiger partial charge is 0.134 e. The van der Waals surface area contributed by atoms with Gasteiger partial charge in [0, 0.05) is 25.7 Å². The number of methoxy groups -OCH3 is 1. The Morgan fingerprint density at radius 2 is 2.33 bits per heavy atom. The van der Waals surface area contributed by atoms with Gasteiger partial charge in [0.05, 0.1) is 12.0 Å². The van der Waals surface area contributed by atoms with Crippen molar-refractivity contribution < 1.29 is 4.74 Å². The molecule has 1 N–H and O–H groups in total. The maximum absolute atomic E-state index is 5.29. The van der Waals surface area contributed by atoms with Crippen molar-refractivity contribution >= 4 is 23.7 Å². The summed E-state index contributed by atoms with van der Waals surface area (Å²) in [5.41, 5.74) is 0. The fraction of sp³-hybridized carbons (Fsp3) is 0.600. The first kappa shape index (κ1) is 12.8. The third-order valence-electron chi connectivity index (χ3n) is 2.70. The summed E-state index contributed by atoms with van der Waals surface area (Å²) in [5, 5.41) is 5.37. The predicted octanol–water partition coefficient (Wildman–Crippen LogP) is 1.58. The Morgan fingerprint density at radius 3 is 2.87 bits per heavy atom. The van der Waals surface area contributed by atoms with Crippen molar-refractivity contribution in [2.45, 2.75) is 12.6 Å². The number of nitrogens with one attached hydrogen (secondary N) is 1. The summed E-state index contributed by atoms with van der Waals surface area (Å²) in [4.78, 5) is 3.70. The van der Waals surface area contributed by atoms with E-state index in [1.165, 1.54) is 4.88 Å². The molecule has 1 saturated heterocycles. The molecule has 0 radical (unpaired) electrons. The number of thiophene rings is 1. The molecule has 0 amide bonds. The van der Waals surface area contributed by atoms with Crippen molar-refractivity contribution in [1.82, 2.24) is 10.2 Å². The Balaban J connectivity index is 0.00000112. The second-order valence-corrected chi connectivity index (χ2v) is 4.64. The molecular weight excluding hydrogens is 232 g/mol. The van der Waals surface area contributed by atoms with Crippen molar-refractivity contribution in [2.24, 2.45) is 0 Å². The average Bonchev–Trinajstić information content (AvgIpc) is 2.48. The lowest BCUT2D eigenvalue weighted by Gasteiger charge is -2.35. The molecule has 1 fully saturated rings. The van der Waals surface area contributed by atoms with Crippen LogP contribution in [-0.2, 0) is 6.54 Å². The summed E-state index contributed by atoms with van der Waals surface area (Å²) in [7, 11) is 3.90. The van der Waals surface area contributed by atoms with Gasteiger partial charge in [0.25, 0.3) is 0 Å². The van der Waals surface area contributed by atoms with E-state index >= 15 is 0 Å². The third-order valence-corrected chi connectivity index (χ3v) is 3.59. The summed E-state index contributed by atoms with van der Waals surface area (Å²) >= 11 is 1.77. The Kier molecular flexibility index (Phi) is 4.86. The van der Waals surface area contributed by atoms with Crippen molar-refractivity contribution in [3.05, 3.63) is 16.3 Å². The van der Waals surface area contributed by atoms with Gasteiger partial charge in [0.2, 0.25) is 0 Å². The highest BCUT2D eigenvalue weighted by Crippen LogP contribution is 2.26. The topological polar surface area (TPSA) is 24.5 Å². The van der Waals surface area contributed by atoms with Crippen LogP contribution >= 0.6 is 23.7 Å². The minimum Gasteiger partial charge on any atom is -0.496 e. The van der Waals surface area contributed by atoms with Crippen molar-refractivity contribution in [1.29, 1.82) is 0 Å². The zero-order chi connectivity index (χ0) is 9.97. The van der Waals surface area contributed by atoms with Crippen LogP contribution in [0.25, 0.3) is 0 Å². The number of likely N-dealkylation sites (N-methyl/N-ethyl adjacent to an activating group) is 1. The number of halogens is 1. The Bertz CT molecular complexity index is 301. The highest BCUT2D eigenvalue weighted by Gasteiger charge is 2.22. The van der Waals surface area contributed by atoms with E-state index in [-0.39, 0.29) is 12.4 Å². The van der Waals surface area contributed by atoms with Gasteiger partial charge < -0.3 is 10.1 Å². The third kappa shape index (κ3) is 2.84. The standard InChI is InChI=1S/C10H16N2OS.ClH/c1-12(8-5-11-6-8)7-10-9(13-2)3-4-14-10;/h3-4,8,11H,5-7H2,1-2H3;1H. The molecule has 86 valence electrons. The molecule has 0 aliphatic carbocycles. The van der Waals surface area contributed by atoms with E-state index in [1.807, 2.05) is 6.07 Å². The number of hydrogen-bond acceptors (Lipinski definition) is 4. The van der Waals surface area contributed by atoms with Crippen LogP contribution in [0.5, 0.6) is 5.75 Å². The van der Waals surface area contributed by atoms with Crippen molar-refractivity contribution in [3.63, 3.8) is 0 Å². The SMILES string of the molecule is COc1ccsc1CN(C)C1CNC1.Cl. The first-order valence-electron chi connectivity index (χ1n) is 4.82. The Hall–Kier alpha value is -0.290. The predicted molar refractivity (Wildman–Crippen MR) is 66.2 cm³/mol. The van der Waals surface area contributed by atoms with Crippen LogP contribution in [0, 0.1) is 0 Å². The lowest BCUT2D eigenvalue weighted by molar-refractivity contribution is 0.173. The van der Waals surface area contributed by atoms with Crippen molar-refractivity contribution in [3.8, 4) is 5.75 Å². The van der Waals surface area contributed by atoms with Gasteiger partial charge in [-0.25, -0.2) is 0 Å². The van der Waals surface area contributed by atoms with Gasteiger partial charge in [-0.3, -0.25) is 4.90 Å². The number of hydrogen-bond donors (Lipinski definition) is 1. The summed E-state index contributed by atoms with van der Waals surface area (Å²) in [5.74, 6) is 1.02. The van der Waals surface area contributed by atoms with Crippen LogP contribution in [0.15, 0.2) is 11.4 Å². The van der Waals surface area contributed by atoms with Gasteiger partial charge in [-0.2, -0.15) is 0 Å². The molecule has 2 heterocycles. The van der Waals surface area contributed by atoms with Gasteiger partial charge in [0.15, 0.2) is 0 Å². The maximum Gasteiger partial charge on any atom is 0.134 e. The van der Waals surface area contributed by atoms with E-state index in [2.05, 4.69) is 22.6 Å². The van der Waals surface area contributed by atoms with E-state index in [0.29, 0.717) is 6.04 Å². The van der Waals surface area contributed by atoms with Gasteiger partial charge >= 0.3 is 0 Å². The van der Waals surface area contributed by atoms with E-state index in [1.54, 1.807) is 18.4 Å². The van der Waals surface area contributed by atoms with Gasteiger partial charge in [0.1, 0.15) is 5.75 Å². The van der Waals surface area contributed by atoms with Crippen LogP contribution in [0.1, 0.15) is 4.88 Å². The number of nitrogens with zero attached hydrogens (tertiary/aromatic N) is 1. The summed E-state index contributed by atoms with van der Waals surface area (Å²) in [6.45, 7) is 3.22. The molecule has 1 aliphatic rings. The van der Waals surface area contributed by atoms with E-state index < -0.39 is 0 Å². The molecule has 2 rings (SSSR count). The molecule has 15 heavy (non-hydrogen) atoms. The normalized spacial score (nSPS) is 15.9. The molecule has 0 unspecified atom stereocenters. The first-order valence-corrected chi connectivity index (χ1v) is 5.70. The lowest BCUT2D eigenvalue weighted by atomic mass is 10.1.